The van der Waals surface area contributed by atoms with Crippen LogP contribution < -0.4 is 10.6 Å². The number of pyridine rings is 1. The van der Waals surface area contributed by atoms with Crippen molar-refractivity contribution in [3.63, 3.8) is 0 Å². The van der Waals surface area contributed by atoms with Gasteiger partial charge in [0.15, 0.2) is 0 Å². The van der Waals surface area contributed by atoms with E-state index >= 15 is 0 Å². The first kappa shape index (κ1) is 17.7. The normalized spacial score (nSPS) is 11.4. The maximum Gasteiger partial charge on any atom is 0.416 e. The molecule has 2 heterocycles. The zero-order chi connectivity index (χ0) is 19.6. The number of alkyl halides is 3. The zero-order valence-corrected chi connectivity index (χ0v) is 14.4. The fourth-order valence-electron chi connectivity index (χ4n) is 2.73. The Morgan fingerprint density at radius 3 is 2.21 bits per heavy atom. The van der Waals surface area contributed by atoms with Crippen LogP contribution in [0.3, 0.4) is 0 Å². The van der Waals surface area contributed by atoms with Gasteiger partial charge in [0.2, 0.25) is 0 Å². The zero-order valence-electron chi connectivity index (χ0n) is 14.4. The molecule has 0 spiro atoms. The predicted molar refractivity (Wildman–Crippen MR) is 102 cm³/mol. The SMILES string of the molecule is FC(F)(F)c1ccc(Nc2cc(Nc3cccc4cccnc34)ncn2)cc1. The summed E-state index contributed by atoms with van der Waals surface area (Å²) in [6, 6.07) is 16.0. The molecule has 0 fully saturated rings. The van der Waals surface area contributed by atoms with Gasteiger partial charge in [0.05, 0.1) is 16.8 Å². The Morgan fingerprint density at radius 1 is 0.750 bits per heavy atom. The molecule has 28 heavy (non-hydrogen) atoms. The van der Waals surface area contributed by atoms with Crippen molar-refractivity contribution in [2.45, 2.75) is 6.18 Å². The topological polar surface area (TPSA) is 62.7 Å². The van der Waals surface area contributed by atoms with E-state index in [0.717, 1.165) is 28.7 Å². The number of hydrogen-bond donors (Lipinski definition) is 2. The Bertz CT molecular complexity index is 1110. The lowest BCUT2D eigenvalue weighted by Gasteiger charge is -2.11. The van der Waals surface area contributed by atoms with Crippen LogP contribution in [0.2, 0.25) is 0 Å². The number of fused-ring (bicyclic) bond motifs is 1. The van der Waals surface area contributed by atoms with Gasteiger partial charge in [-0.2, -0.15) is 13.2 Å². The van der Waals surface area contributed by atoms with Crippen molar-refractivity contribution in [3.05, 3.63) is 78.8 Å². The Kier molecular flexibility index (Phi) is 4.52. The second-order valence-corrected chi connectivity index (χ2v) is 5.99. The summed E-state index contributed by atoms with van der Waals surface area (Å²) in [7, 11) is 0. The molecule has 4 rings (SSSR count). The second-order valence-electron chi connectivity index (χ2n) is 5.99. The van der Waals surface area contributed by atoms with Crippen molar-refractivity contribution in [1.82, 2.24) is 15.0 Å². The molecule has 0 saturated heterocycles. The van der Waals surface area contributed by atoms with Crippen LogP contribution in [0, 0.1) is 0 Å². The van der Waals surface area contributed by atoms with Crippen molar-refractivity contribution in [2.75, 3.05) is 10.6 Å². The Balaban J connectivity index is 1.55. The van der Waals surface area contributed by atoms with Crippen molar-refractivity contribution in [2.24, 2.45) is 0 Å². The van der Waals surface area contributed by atoms with Gasteiger partial charge in [0.1, 0.15) is 18.0 Å². The van der Waals surface area contributed by atoms with E-state index in [-0.39, 0.29) is 0 Å². The van der Waals surface area contributed by atoms with Crippen LogP contribution in [0.25, 0.3) is 10.9 Å². The highest BCUT2D eigenvalue weighted by molar-refractivity contribution is 5.91. The lowest BCUT2D eigenvalue weighted by atomic mass is 10.2. The molecule has 8 heteroatoms. The molecule has 0 amide bonds. The van der Waals surface area contributed by atoms with Crippen LogP contribution in [0.4, 0.5) is 36.2 Å². The predicted octanol–water partition coefficient (Wildman–Crippen LogP) is 5.53. The quantitative estimate of drug-likeness (QED) is 0.487. The molecular formula is C20H14F3N5. The van der Waals surface area contributed by atoms with Gasteiger partial charge >= 0.3 is 6.18 Å². The number of benzene rings is 2. The summed E-state index contributed by atoms with van der Waals surface area (Å²) in [5, 5.41) is 7.16. The van der Waals surface area contributed by atoms with Gasteiger partial charge in [-0.15, -0.1) is 0 Å². The highest BCUT2D eigenvalue weighted by Crippen LogP contribution is 2.30. The Hall–Kier alpha value is -3.68. The van der Waals surface area contributed by atoms with E-state index in [9.17, 15) is 13.2 Å². The Morgan fingerprint density at radius 2 is 1.46 bits per heavy atom. The van der Waals surface area contributed by atoms with Crippen LogP contribution in [-0.2, 0) is 6.18 Å². The first-order chi connectivity index (χ1) is 13.5. The summed E-state index contributed by atoms with van der Waals surface area (Å²) in [5.74, 6) is 0.980. The largest absolute Gasteiger partial charge is 0.416 e. The fraction of sp³-hybridized carbons (Fsp3) is 0.0500. The minimum atomic E-state index is -4.36. The minimum Gasteiger partial charge on any atom is -0.340 e. The molecule has 0 aliphatic carbocycles. The average molecular weight is 381 g/mol. The van der Waals surface area contributed by atoms with Crippen LogP contribution >= 0.6 is 0 Å². The number of para-hydroxylation sites is 1. The first-order valence-electron chi connectivity index (χ1n) is 8.36. The summed E-state index contributed by atoms with van der Waals surface area (Å²) in [6.07, 6.45) is -1.28. The number of nitrogens with one attached hydrogen (secondary N) is 2. The van der Waals surface area contributed by atoms with E-state index in [1.807, 2.05) is 30.3 Å². The number of anilines is 4. The molecule has 0 radical (unpaired) electrons. The van der Waals surface area contributed by atoms with Crippen LogP contribution in [-0.4, -0.2) is 15.0 Å². The third kappa shape index (κ3) is 3.85. The molecule has 0 atom stereocenters. The molecule has 2 N–H and O–H groups in total. The summed E-state index contributed by atoms with van der Waals surface area (Å²) in [5.41, 5.74) is 1.38. The van der Waals surface area contributed by atoms with Gasteiger partial charge in [-0.25, -0.2) is 9.97 Å². The third-order valence-corrected chi connectivity index (χ3v) is 4.05. The molecule has 0 saturated carbocycles. The number of nitrogens with zero attached hydrogens (tertiary/aromatic N) is 3. The standard InChI is InChI=1S/C20H14F3N5/c21-20(22,23)14-6-8-15(9-7-14)27-17-11-18(26-12-25-17)28-16-5-1-3-13-4-2-10-24-19(13)16/h1-12H,(H2,25,26,27,28). The first-order valence-corrected chi connectivity index (χ1v) is 8.36. The van der Waals surface area contributed by atoms with Crippen molar-refractivity contribution in [3.8, 4) is 0 Å². The van der Waals surface area contributed by atoms with E-state index in [0.29, 0.717) is 17.3 Å². The molecule has 0 bridgehead atoms. The van der Waals surface area contributed by atoms with E-state index in [1.165, 1.54) is 18.5 Å². The third-order valence-electron chi connectivity index (χ3n) is 4.05. The van der Waals surface area contributed by atoms with Gasteiger partial charge in [-0.05, 0) is 36.4 Å². The highest BCUT2D eigenvalue weighted by atomic mass is 19.4. The van der Waals surface area contributed by atoms with Crippen LogP contribution in [0.5, 0.6) is 0 Å². The molecule has 0 aliphatic rings. The lowest BCUT2D eigenvalue weighted by molar-refractivity contribution is -0.137. The van der Waals surface area contributed by atoms with E-state index < -0.39 is 11.7 Å². The summed E-state index contributed by atoms with van der Waals surface area (Å²) in [6.45, 7) is 0. The molecule has 0 unspecified atom stereocenters. The summed E-state index contributed by atoms with van der Waals surface area (Å²) in [4.78, 5) is 12.7. The van der Waals surface area contributed by atoms with Gasteiger partial charge in [0.25, 0.3) is 0 Å². The van der Waals surface area contributed by atoms with Crippen LogP contribution in [0.1, 0.15) is 5.56 Å². The van der Waals surface area contributed by atoms with Gasteiger partial charge in [-0.1, -0.05) is 18.2 Å². The lowest BCUT2D eigenvalue weighted by Crippen LogP contribution is -2.04. The Labute approximate surface area is 158 Å². The average Bonchev–Trinajstić information content (AvgIpc) is 2.68. The highest BCUT2D eigenvalue weighted by Gasteiger charge is 2.29. The van der Waals surface area contributed by atoms with E-state index in [1.54, 1.807) is 12.3 Å². The molecular weight excluding hydrogens is 367 g/mol. The number of aromatic nitrogens is 3. The molecule has 2 aromatic carbocycles. The van der Waals surface area contributed by atoms with Gasteiger partial charge in [-0.3, -0.25) is 4.98 Å². The summed E-state index contributed by atoms with van der Waals surface area (Å²) < 4.78 is 38.0. The van der Waals surface area contributed by atoms with Crippen molar-refractivity contribution < 1.29 is 13.2 Å². The second kappa shape index (κ2) is 7.15. The minimum absolute atomic E-state index is 0.449. The fourth-order valence-corrected chi connectivity index (χ4v) is 2.73. The summed E-state index contributed by atoms with van der Waals surface area (Å²) >= 11 is 0. The maximum absolute atomic E-state index is 12.7. The van der Waals surface area contributed by atoms with Crippen molar-refractivity contribution in [1.29, 1.82) is 0 Å². The van der Waals surface area contributed by atoms with Crippen molar-refractivity contribution >= 4 is 33.9 Å². The monoisotopic (exact) mass is 381 g/mol. The van der Waals surface area contributed by atoms with E-state index in [2.05, 4.69) is 25.6 Å². The smallest absolute Gasteiger partial charge is 0.340 e. The van der Waals surface area contributed by atoms with Crippen LogP contribution in [0.15, 0.2) is 73.2 Å². The van der Waals surface area contributed by atoms with E-state index in [4.69, 9.17) is 0 Å². The van der Waals surface area contributed by atoms with Gasteiger partial charge < -0.3 is 10.6 Å². The molecule has 2 aromatic heterocycles. The van der Waals surface area contributed by atoms with Gasteiger partial charge in [0, 0.05) is 23.3 Å². The molecule has 5 nitrogen and oxygen atoms in total. The number of hydrogen-bond acceptors (Lipinski definition) is 5. The maximum atomic E-state index is 12.7. The molecule has 0 aliphatic heterocycles. The number of rotatable bonds is 4. The molecule has 140 valence electrons. The number of halogens is 3. The molecule has 4 aromatic rings.